The highest BCUT2D eigenvalue weighted by atomic mass is 19.1. The number of nitrogens with zero attached hydrogens (tertiary/aromatic N) is 1. The van der Waals surface area contributed by atoms with E-state index in [1.165, 1.54) is 6.07 Å². The summed E-state index contributed by atoms with van der Waals surface area (Å²) >= 11 is 0. The van der Waals surface area contributed by atoms with Gasteiger partial charge in [-0.25, -0.2) is 13.8 Å². The second-order valence-corrected chi connectivity index (χ2v) is 3.17. The van der Waals surface area contributed by atoms with Crippen LogP contribution in [-0.2, 0) is 0 Å². The monoisotopic (exact) mass is 221 g/mol. The molecule has 0 saturated heterocycles. The smallest absolute Gasteiger partial charge is 0.149 e. The minimum atomic E-state index is -0.677. The Bertz CT molecular complexity index is 494. The van der Waals surface area contributed by atoms with Gasteiger partial charge in [-0.3, -0.25) is 0 Å². The third kappa shape index (κ3) is 2.08. The van der Waals surface area contributed by atoms with Gasteiger partial charge < -0.3 is 11.1 Å². The number of hydrogen-bond acceptors (Lipinski definition) is 3. The van der Waals surface area contributed by atoms with Crippen LogP contribution in [0.4, 0.5) is 26.1 Å². The Morgan fingerprint density at radius 3 is 2.25 bits per heavy atom. The Hall–Kier alpha value is -2.17. The second-order valence-electron chi connectivity index (χ2n) is 3.17. The standard InChI is InChI=1S/C11H9F2N3/c12-7-3-1-4-8(13)11(7)16-10-6-2-5-9(14)15-10/h1-6H,(H3,14,15,16). The first-order valence-corrected chi connectivity index (χ1v) is 4.60. The van der Waals surface area contributed by atoms with Gasteiger partial charge in [0.2, 0.25) is 0 Å². The number of benzene rings is 1. The third-order valence-corrected chi connectivity index (χ3v) is 1.99. The van der Waals surface area contributed by atoms with E-state index in [9.17, 15) is 8.78 Å². The van der Waals surface area contributed by atoms with Crippen LogP contribution in [0, 0.1) is 11.6 Å². The molecular weight excluding hydrogens is 212 g/mol. The van der Waals surface area contributed by atoms with Gasteiger partial charge >= 0.3 is 0 Å². The molecule has 0 bridgehead atoms. The lowest BCUT2D eigenvalue weighted by molar-refractivity contribution is 0.590. The molecule has 3 nitrogen and oxygen atoms in total. The highest BCUT2D eigenvalue weighted by Gasteiger charge is 2.08. The van der Waals surface area contributed by atoms with E-state index in [1.54, 1.807) is 18.2 Å². The van der Waals surface area contributed by atoms with Gasteiger partial charge in [0.05, 0.1) is 0 Å². The SMILES string of the molecule is Nc1cccc(Nc2c(F)cccc2F)n1. The van der Waals surface area contributed by atoms with Crippen molar-refractivity contribution >= 4 is 17.3 Å². The lowest BCUT2D eigenvalue weighted by atomic mass is 10.3. The summed E-state index contributed by atoms with van der Waals surface area (Å²) in [6.07, 6.45) is 0. The molecule has 0 saturated carbocycles. The van der Waals surface area contributed by atoms with Gasteiger partial charge in [-0.2, -0.15) is 0 Å². The molecule has 0 fully saturated rings. The molecule has 1 aromatic heterocycles. The number of para-hydroxylation sites is 1. The Morgan fingerprint density at radius 1 is 1.00 bits per heavy atom. The van der Waals surface area contributed by atoms with Crippen LogP contribution >= 0.6 is 0 Å². The van der Waals surface area contributed by atoms with Crippen molar-refractivity contribution in [1.82, 2.24) is 4.98 Å². The van der Waals surface area contributed by atoms with Gasteiger partial charge in [-0.05, 0) is 24.3 Å². The molecule has 0 spiro atoms. The summed E-state index contributed by atoms with van der Waals surface area (Å²) < 4.78 is 26.6. The van der Waals surface area contributed by atoms with Crippen molar-refractivity contribution < 1.29 is 8.78 Å². The first kappa shape index (κ1) is 10.4. The van der Waals surface area contributed by atoms with E-state index >= 15 is 0 Å². The predicted molar refractivity (Wildman–Crippen MR) is 58.3 cm³/mol. The van der Waals surface area contributed by atoms with Crippen molar-refractivity contribution in [3.8, 4) is 0 Å². The van der Waals surface area contributed by atoms with Crippen LogP contribution in [0.2, 0.25) is 0 Å². The molecule has 5 heteroatoms. The fourth-order valence-corrected chi connectivity index (χ4v) is 1.27. The number of pyridine rings is 1. The van der Waals surface area contributed by atoms with Crippen LogP contribution in [0.1, 0.15) is 0 Å². The number of rotatable bonds is 2. The van der Waals surface area contributed by atoms with Crippen molar-refractivity contribution in [1.29, 1.82) is 0 Å². The van der Waals surface area contributed by atoms with Gasteiger partial charge in [0.1, 0.15) is 29.0 Å². The summed E-state index contributed by atoms with van der Waals surface area (Å²) in [5.41, 5.74) is 5.21. The number of nitrogens with one attached hydrogen (secondary N) is 1. The zero-order valence-electron chi connectivity index (χ0n) is 8.24. The van der Waals surface area contributed by atoms with Gasteiger partial charge in [0, 0.05) is 0 Å². The molecule has 0 aliphatic heterocycles. The van der Waals surface area contributed by atoms with E-state index in [1.807, 2.05) is 0 Å². The predicted octanol–water partition coefficient (Wildman–Crippen LogP) is 2.69. The second kappa shape index (κ2) is 4.14. The molecule has 2 aromatic rings. The maximum absolute atomic E-state index is 13.3. The number of anilines is 3. The van der Waals surface area contributed by atoms with E-state index in [2.05, 4.69) is 10.3 Å². The van der Waals surface area contributed by atoms with E-state index in [0.717, 1.165) is 12.1 Å². The zero-order chi connectivity index (χ0) is 11.5. The normalized spacial score (nSPS) is 10.1. The summed E-state index contributed by atoms with van der Waals surface area (Å²) in [7, 11) is 0. The van der Waals surface area contributed by atoms with E-state index in [4.69, 9.17) is 5.73 Å². The molecule has 16 heavy (non-hydrogen) atoms. The van der Waals surface area contributed by atoms with Crippen LogP contribution in [0.25, 0.3) is 0 Å². The molecule has 0 aliphatic rings. The summed E-state index contributed by atoms with van der Waals surface area (Å²) in [5.74, 6) is -0.779. The summed E-state index contributed by atoms with van der Waals surface area (Å²) in [6, 6.07) is 8.42. The Labute approximate surface area is 90.9 Å². The molecule has 0 unspecified atom stereocenters. The zero-order valence-corrected chi connectivity index (χ0v) is 8.24. The molecule has 82 valence electrons. The van der Waals surface area contributed by atoms with Crippen molar-refractivity contribution in [2.24, 2.45) is 0 Å². The van der Waals surface area contributed by atoms with Crippen LogP contribution in [0.3, 0.4) is 0 Å². The number of hydrogen-bond donors (Lipinski definition) is 2. The summed E-state index contributed by atoms with van der Waals surface area (Å²) in [6.45, 7) is 0. The minimum Gasteiger partial charge on any atom is -0.384 e. The van der Waals surface area contributed by atoms with Gasteiger partial charge in [-0.15, -0.1) is 0 Å². The number of halogens is 2. The van der Waals surface area contributed by atoms with E-state index in [-0.39, 0.29) is 11.5 Å². The highest BCUT2D eigenvalue weighted by molar-refractivity contribution is 5.58. The lowest BCUT2D eigenvalue weighted by Crippen LogP contribution is -2.00. The van der Waals surface area contributed by atoms with Crippen molar-refractivity contribution in [3.63, 3.8) is 0 Å². The molecule has 0 atom stereocenters. The van der Waals surface area contributed by atoms with Crippen molar-refractivity contribution in [2.75, 3.05) is 11.1 Å². The number of aromatic nitrogens is 1. The molecule has 0 aliphatic carbocycles. The third-order valence-electron chi connectivity index (χ3n) is 1.99. The van der Waals surface area contributed by atoms with Crippen LogP contribution in [-0.4, -0.2) is 4.98 Å². The average Bonchev–Trinajstić information content (AvgIpc) is 2.24. The van der Waals surface area contributed by atoms with Gasteiger partial charge in [0.15, 0.2) is 0 Å². The Morgan fingerprint density at radius 2 is 1.62 bits per heavy atom. The Kier molecular flexibility index (Phi) is 2.68. The van der Waals surface area contributed by atoms with Crippen LogP contribution in [0.5, 0.6) is 0 Å². The number of nitrogen functional groups attached to an aromatic ring is 1. The quantitative estimate of drug-likeness (QED) is 0.819. The first-order valence-electron chi connectivity index (χ1n) is 4.60. The van der Waals surface area contributed by atoms with Crippen molar-refractivity contribution in [3.05, 3.63) is 48.0 Å². The first-order chi connectivity index (χ1) is 7.66. The maximum atomic E-state index is 13.3. The van der Waals surface area contributed by atoms with Gasteiger partial charge in [0.25, 0.3) is 0 Å². The lowest BCUT2D eigenvalue weighted by Gasteiger charge is -2.07. The summed E-state index contributed by atoms with van der Waals surface area (Å²) in [4.78, 5) is 3.88. The van der Waals surface area contributed by atoms with Crippen molar-refractivity contribution in [2.45, 2.75) is 0 Å². The molecule has 1 aromatic carbocycles. The van der Waals surface area contributed by atoms with Crippen LogP contribution in [0.15, 0.2) is 36.4 Å². The maximum Gasteiger partial charge on any atom is 0.149 e. The number of nitrogens with two attached hydrogens (primary N) is 1. The molecule has 0 amide bonds. The van der Waals surface area contributed by atoms with Gasteiger partial charge in [-0.1, -0.05) is 12.1 Å². The molecular formula is C11H9F2N3. The molecule has 2 rings (SSSR count). The topological polar surface area (TPSA) is 50.9 Å². The van der Waals surface area contributed by atoms with Crippen LogP contribution < -0.4 is 11.1 Å². The fraction of sp³-hybridized carbons (Fsp3) is 0. The molecule has 0 radical (unpaired) electrons. The van der Waals surface area contributed by atoms with E-state index in [0.29, 0.717) is 5.82 Å². The Balaban J connectivity index is 2.34. The highest BCUT2D eigenvalue weighted by Crippen LogP contribution is 2.22. The summed E-state index contributed by atoms with van der Waals surface area (Å²) in [5, 5.41) is 2.54. The average molecular weight is 221 g/mol. The largest absolute Gasteiger partial charge is 0.384 e. The fourth-order valence-electron chi connectivity index (χ4n) is 1.27. The molecule has 1 heterocycles. The minimum absolute atomic E-state index is 0.236. The molecule has 3 N–H and O–H groups in total. The van der Waals surface area contributed by atoms with E-state index < -0.39 is 11.6 Å².